The molecule has 0 amide bonds. The molecule has 104 valence electrons. The van der Waals surface area contributed by atoms with E-state index in [-0.39, 0.29) is 5.92 Å². The molecule has 1 heterocycles. The van der Waals surface area contributed by atoms with E-state index in [4.69, 9.17) is 5.11 Å². The lowest BCUT2D eigenvalue weighted by Crippen LogP contribution is -2.39. The number of rotatable bonds is 4. The van der Waals surface area contributed by atoms with Crippen LogP contribution >= 0.6 is 0 Å². The van der Waals surface area contributed by atoms with Crippen molar-refractivity contribution >= 4 is 5.97 Å². The van der Waals surface area contributed by atoms with E-state index in [2.05, 4.69) is 5.32 Å². The van der Waals surface area contributed by atoms with Crippen molar-refractivity contribution in [1.29, 1.82) is 0 Å². The molecule has 1 atom stereocenters. The van der Waals surface area contributed by atoms with Crippen LogP contribution in [-0.2, 0) is 4.79 Å². The lowest BCUT2D eigenvalue weighted by molar-refractivity contribution is -0.142. The van der Waals surface area contributed by atoms with Crippen LogP contribution in [0.5, 0.6) is 0 Å². The number of nitrogens with one attached hydrogen (secondary N) is 1. The van der Waals surface area contributed by atoms with Crippen LogP contribution < -0.4 is 5.32 Å². The monoisotopic (exact) mass is 253 g/mol. The summed E-state index contributed by atoms with van der Waals surface area (Å²) in [6.45, 7) is 4.35. The third-order valence-corrected chi connectivity index (χ3v) is 5.29. The Morgan fingerprint density at radius 2 is 1.89 bits per heavy atom. The second-order valence-corrected chi connectivity index (χ2v) is 6.37. The molecule has 0 aromatic rings. The van der Waals surface area contributed by atoms with Gasteiger partial charge in [-0.05, 0) is 75.8 Å². The number of piperidine rings is 1. The summed E-state index contributed by atoms with van der Waals surface area (Å²) in [6, 6.07) is 0. The van der Waals surface area contributed by atoms with Gasteiger partial charge in [-0.1, -0.05) is 6.92 Å². The van der Waals surface area contributed by atoms with Crippen LogP contribution in [-0.4, -0.2) is 24.2 Å². The number of carbonyl (C=O) groups is 1. The van der Waals surface area contributed by atoms with Crippen LogP contribution in [0.3, 0.4) is 0 Å². The van der Waals surface area contributed by atoms with Gasteiger partial charge in [0.15, 0.2) is 0 Å². The van der Waals surface area contributed by atoms with E-state index in [1.807, 2.05) is 6.92 Å². The Morgan fingerprint density at radius 1 is 1.28 bits per heavy atom. The van der Waals surface area contributed by atoms with Crippen molar-refractivity contribution in [3.8, 4) is 0 Å². The third kappa shape index (κ3) is 3.25. The van der Waals surface area contributed by atoms with Gasteiger partial charge in [-0.3, -0.25) is 4.79 Å². The molecule has 0 radical (unpaired) electrons. The number of carboxylic acids is 1. The van der Waals surface area contributed by atoms with Crippen molar-refractivity contribution < 1.29 is 9.90 Å². The molecule has 0 aromatic carbocycles. The van der Waals surface area contributed by atoms with Crippen LogP contribution in [0.15, 0.2) is 0 Å². The molecule has 1 aliphatic carbocycles. The van der Waals surface area contributed by atoms with Crippen molar-refractivity contribution in [2.45, 2.75) is 58.3 Å². The van der Waals surface area contributed by atoms with Crippen molar-refractivity contribution in [3.63, 3.8) is 0 Å². The average molecular weight is 253 g/mol. The molecule has 3 heteroatoms. The largest absolute Gasteiger partial charge is 0.481 e. The predicted molar refractivity (Wildman–Crippen MR) is 72.5 cm³/mol. The van der Waals surface area contributed by atoms with Gasteiger partial charge in [0, 0.05) is 0 Å². The first kappa shape index (κ1) is 13.9. The van der Waals surface area contributed by atoms with Crippen molar-refractivity contribution in [3.05, 3.63) is 0 Å². The second-order valence-electron chi connectivity index (χ2n) is 6.37. The number of aliphatic carboxylic acids is 1. The van der Waals surface area contributed by atoms with Gasteiger partial charge < -0.3 is 10.4 Å². The van der Waals surface area contributed by atoms with Gasteiger partial charge in [-0.25, -0.2) is 0 Å². The van der Waals surface area contributed by atoms with E-state index in [1.165, 1.54) is 51.6 Å². The predicted octanol–water partition coefficient (Wildman–Crippen LogP) is 3.05. The van der Waals surface area contributed by atoms with Crippen LogP contribution in [0, 0.1) is 17.3 Å². The highest BCUT2D eigenvalue weighted by atomic mass is 16.4. The van der Waals surface area contributed by atoms with E-state index >= 15 is 0 Å². The van der Waals surface area contributed by atoms with E-state index in [0.717, 1.165) is 12.8 Å². The first-order valence-corrected chi connectivity index (χ1v) is 7.59. The first-order chi connectivity index (χ1) is 8.65. The normalized spacial score (nSPS) is 26.1. The standard InChI is InChI=1S/C15H27NO2/c1-2-13(14(17)18)11-12-3-5-15(6-4-12)7-9-16-10-8-15/h12-13,16H,2-11H2,1H3,(H,17,18). The summed E-state index contributed by atoms with van der Waals surface area (Å²) < 4.78 is 0. The van der Waals surface area contributed by atoms with Gasteiger partial charge in [-0.15, -0.1) is 0 Å². The summed E-state index contributed by atoms with van der Waals surface area (Å²) in [5, 5.41) is 12.6. The van der Waals surface area contributed by atoms with E-state index in [0.29, 0.717) is 11.3 Å². The van der Waals surface area contributed by atoms with Crippen molar-refractivity contribution in [2.75, 3.05) is 13.1 Å². The van der Waals surface area contributed by atoms with E-state index in [1.54, 1.807) is 0 Å². The number of hydrogen-bond donors (Lipinski definition) is 2. The van der Waals surface area contributed by atoms with Crippen molar-refractivity contribution in [1.82, 2.24) is 5.32 Å². The molecule has 2 aliphatic rings. The summed E-state index contributed by atoms with van der Waals surface area (Å²) in [5.41, 5.74) is 0.604. The molecule has 2 fully saturated rings. The highest BCUT2D eigenvalue weighted by Crippen LogP contribution is 2.46. The first-order valence-electron chi connectivity index (χ1n) is 7.59. The summed E-state index contributed by atoms with van der Waals surface area (Å²) in [5.74, 6) is -0.0525. The molecule has 3 nitrogen and oxygen atoms in total. The molecule has 0 aromatic heterocycles. The minimum atomic E-state index is -0.598. The lowest BCUT2D eigenvalue weighted by Gasteiger charge is -2.43. The van der Waals surface area contributed by atoms with Gasteiger partial charge in [0.2, 0.25) is 0 Å². The maximum absolute atomic E-state index is 11.1. The highest BCUT2D eigenvalue weighted by Gasteiger charge is 2.36. The topological polar surface area (TPSA) is 49.3 Å². The SMILES string of the molecule is CCC(CC1CCC2(CCNCC2)CC1)C(=O)O. The van der Waals surface area contributed by atoms with Crippen LogP contribution in [0.2, 0.25) is 0 Å². The van der Waals surface area contributed by atoms with Gasteiger partial charge in [0.25, 0.3) is 0 Å². The Balaban J connectivity index is 1.80. The second kappa shape index (κ2) is 6.05. The third-order valence-electron chi connectivity index (χ3n) is 5.29. The van der Waals surface area contributed by atoms with Gasteiger partial charge in [0.1, 0.15) is 0 Å². The van der Waals surface area contributed by atoms with Gasteiger partial charge in [-0.2, -0.15) is 0 Å². The summed E-state index contributed by atoms with van der Waals surface area (Å²) >= 11 is 0. The summed E-state index contributed by atoms with van der Waals surface area (Å²) in [6.07, 6.45) is 9.51. The number of hydrogen-bond acceptors (Lipinski definition) is 2. The smallest absolute Gasteiger partial charge is 0.306 e. The summed E-state index contributed by atoms with van der Waals surface area (Å²) in [4.78, 5) is 11.1. The number of carboxylic acid groups (broad SMARTS) is 1. The molecule has 1 saturated carbocycles. The van der Waals surface area contributed by atoms with E-state index < -0.39 is 5.97 Å². The summed E-state index contributed by atoms with van der Waals surface area (Å²) in [7, 11) is 0. The quantitative estimate of drug-likeness (QED) is 0.809. The zero-order valence-electron chi connectivity index (χ0n) is 11.6. The molecular formula is C15H27NO2. The van der Waals surface area contributed by atoms with Crippen LogP contribution in [0.4, 0.5) is 0 Å². The Labute approximate surface area is 110 Å². The molecular weight excluding hydrogens is 226 g/mol. The Hall–Kier alpha value is -0.570. The Morgan fingerprint density at radius 3 is 2.39 bits per heavy atom. The zero-order valence-corrected chi connectivity index (χ0v) is 11.6. The minimum Gasteiger partial charge on any atom is -0.481 e. The Kier molecular flexibility index (Phi) is 4.66. The fourth-order valence-electron chi connectivity index (χ4n) is 3.83. The molecule has 1 spiro atoms. The van der Waals surface area contributed by atoms with Crippen molar-refractivity contribution in [2.24, 2.45) is 17.3 Å². The Bertz CT molecular complexity index is 274. The van der Waals surface area contributed by atoms with Crippen LogP contribution in [0.1, 0.15) is 58.3 Å². The van der Waals surface area contributed by atoms with Gasteiger partial charge >= 0.3 is 5.97 Å². The molecule has 18 heavy (non-hydrogen) atoms. The zero-order chi connectivity index (χ0) is 13.0. The highest BCUT2D eigenvalue weighted by molar-refractivity contribution is 5.69. The van der Waals surface area contributed by atoms with E-state index in [9.17, 15) is 4.79 Å². The molecule has 1 saturated heterocycles. The molecule has 2 N–H and O–H groups in total. The molecule has 0 bridgehead atoms. The maximum Gasteiger partial charge on any atom is 0.306 e. The molecule has 1 unspecified atom stereocenters. The molecule has 1 aliphatic heterocycles. The fraction of sp³-hybridized carbons (Fsp3) is 0.933. The van der Waals surface area contributed by atoms with Crippen LogP contribution in [0.25, 0.3) is 0 Å². The molecule has 2 rings (SSSR count). The lowest BCUT2D eigenvalue weighted by atomic mass is 9.64. The van der Waals surface area contributed by atoms with Gasteiger partial charge in [0.05, 0.1) is 5.92 Å². The maximum atomic E-state index is 11.1. The minimum absolute atomic E-state index is 0.114. The average Bonchev–Trinajstić information content (AvgIpc) is 2.39. The fourth-order valence-corrected chi connectivity index (χ4v) is 3.83.